The predicted molar refractivity (Wildman–Crippen MR) is 234 cm³/mol. The first-order valence-electron chi connectivity index (χ1n) is 20.7. The molecule has 1 saturated heterocycles. The van der Waals surface area contributed by atoms with Gasteiger partial charge in [0.2, 0.25) is 18.0 Å². The second kappa shape index (κ2) is 25.6. The van der Waals surface area contributed by atoms with E-state index >= 15 is 0 Å². The fourth-order valence-electron chi connectivity index (χ4n) is 7.91. The van der Waals surface area contributed by atoms with Gasteiger partial charge in [0.1, 0.15) is 0 Å². The van der Waals surface area contributed by atoms with Crippen molar-refractivity contribution in [3.63, 3.8) is 0 Å². The Balaban J connectivity index is 0.00000898. The van der Waals surface area contributed by atoms with Crippen LogP contribution < -0.4 is 15.3 Å². The summed E-state index contributed by atoms with van der Waals surface area (Å²) in [6.07, 6.45) is 1.93. The quantitative estimate of drug-likeness (QED) is 0.0296. The summed E-state index contributed by atoms with van der Waals surface area (Å²) < 4.78 is 1.88. The Hall–Kier alpha value is -3.99. The molecule has 1 fully saturated rings. The van der Waals surface area contributed by atoms with Crippen LogP contribution in [0, 0.1) is 49.4 Å². The maximum atomic E-state index is 14.7. The van der Waals surface area contributed by atoms with Gasteiger partial charge in [-0.25, -0.2) is 0 Å². The molecule has 2 amide bonds. The van der Waals surface area contributed by atoms with E-state index in [1.807, 2.05) is 58.1 Å². The van der Waals surface area contributed by atoms with E-state index in [4.69, 9.17) is 4.84 Å². The van der Waals surface area contributed by atoms with Crippen LogP contribution in [0.15, 0.2) is 72.9 Å². The molecular weight excluding hydrogens is 967 g/mol. The van der Waals surface area contributed by atoms with E-state index in [-0.39, 0.29) is 159 Å². The van der Waals surface area contributed by atoms with Gasteiger partial charge in [0.05, 0.1) is 44.7 Å². The second-order valence-corrected chi connectivity index (χ2v) is 15.7. The zero-order valence-corrected chi connectivity index (χ0v) is 38.8. The number of carboxylic acids is 3. The number of aromatic nitrogens is 1. The van der Waals surface area contributed by atoms with E-state index in [0.29, 0.717) is 11.0 Å². The number of hydrogen-bond acceptors (Lipinski definition) is 13. The van der Waals surface area contributed by atoms with E-state index in [1.54, 1.807) is 63.0 Å². The van der Waals surface area contributed by atoms with Crippen LogP contribution in [0.3, 0.4) is 0 Å². The molecule has 0 saturated carbocycles. The van der Waals surface area contributed by atoms with Gasteiger partial charge in [-0.15, -0.1) is 0 Å². The molecule has 0 bridgehead atoms. The molecule has 345 valence electrons. The minimum absolute atomic E-state index is 0. The number of fused-ring (bicyclic) bond motifs is 3. The van der Waals surface area contributed by atoms with Crippen LogP contribution in [-0.2, 0) is 41.9 Å². The van der Waals surface area contributed by atoms with Gasteiger partial charge in [0.15, 0.2) is 6.20 Å². The number of nitrogens with one attached hydrogen (secondary N) is 1. The van der Waals surface area contributed by atoms with Gasteiger partial charge in [0, 0.05) is 146 Å². The van der Waals surface area contributed by atoms with E-state index in [9.17, 15) is 49.3 Å². The number of nitrogens with zero attached hydrogens (tertiary/aromatic N) is 7. The summed E-state index contributed by atoms with van der Waals surface area (Å²) in [5.41, 5.74) is 2.45. The molecule has 6 N–H and O–H groups in total. The van der Waals surface area contributed by atoms with Crippen LogP contribution in [0.25, 0.3) is 21.7 Å². The van der Waals surface area contributed by atoms with Gasteiger partial charge in [-0.05, 0) is 28.7 Å². The van der Waals surface area contributed by atoms with Crippen LogP contribution in [0.5, 0.6) is 0 Å². The number of carboxylic acid groups (broad SMARTS) is 3. The Labute approximate surface area is 413 Å². The first kappa shape index (κ1) is 52.6. The fraction of sp³-hybridized carbons (Fsp3) is 0.442. The van der Waals surface area contributed by atoms with Crippen molar-refractivity contribution in [3.05, 3.63) is 84.1 Å². The normalized spacial score (nSPS) is 15.5. The third-order valence-corrected chi connectivity index (χ3v) is 11.4. The van der Waals surface area contributed by atoms with Crippen molar-refractivity contribution < 1.29 is 108 Å². The molecule has 1 aliphatic rings. The molecule has 64 heavy (non-hydrogen) atoms. The average molecular weight is 1030 g/mol. The molecule has 1 aliphatic heterocycles. The number of amides is 2. The van der Waals surface area contributed by atoms with Gasteiger partial charge in [-0.3, -0.25) is 43.6 Å². The number of aliphatic carboxylic acids is 3. The van der Waals surface area contributed by atoms with Gasteiger partial charge >= 0.3 is 25.0 Å². The first-order chi connectivity index (χ1) is 30.1. The molecule has 1 aromatic heterocycles. The maximum Gasteiger partial charge on any atom is 0.488 e. The van der Waals surface area contributed by atoms with Gasteiger partial charge in [-0.1, -0.05) is 48.5 Å². The molecule has 1 unspecified atom stereocenters. The van der Waals surface area contributed by atoms with Gasteiger partial charge in [-0.2, -0.15) is 9.63 Å². The van der Waals surface area contributed by atoms with E-state index in [2.05, 4.69) is 5.32 Å². The average Bonchev–Trinajstić information content (AvgIpc) is 3.25. The zero-order valence-electron chi connectivity index (χ0n) is 36.4. The van der Waals surface area contributed by atoms with Crippen LogP contribution in [0.1, 0.15) is 17.2 Å². The third-order valence-electron chi connectivity index (χ3n) is 11.4. The molecule has 5 rings (SSSR count). The Morgan fingerprint density at radius 3 is 1.78 bits per heavy atom. The number of carbonyl (C=O) groups is 5. The van der Waals surface area contributed by atoms with E-state index in [0.717, 1.165) is 27.2 Å². The number of pyridine rings is 1. The number of benzene rings is 3. The maximum absolute atomic E-state index is 14.7. The Bertz CT molecular complexity index is 2210. The van der Waals surface area contributed by atoms with Crippen molar-refractivity contribution in [1.29, 1.82) is 0 Å². The summed E-state index contributed by atoms with van der Waals surface area (Å²) in [7, 11) is 3.04. The number of likely N-dealkylation sites (N-methyl/N-ethyl adjacent to an activating group) is 2. The molecule has 4 aromatic rings. The van der Waals surface area contributed by atoms with Crippen molar-refractivity contribution >= 4 is 64.0 Å². The van der Waals surface area contributed by atoms with Crippen molar-refractivity contribution in [3.8, 4) is 0 Å². The Morgan fingerprint density at radius 2 is 1.27 bits per heavy atom. The molecule has 1 atom stereocenters. The van der Waals surface area contributed by atoms with Crippen molar-refractivity contribution in [2.24, 2.45) is 0 Å². The molecule has 21 heteroatoms. The third kappa shape index (κ3) is 15.3. The monoisotopic (exact) mass is 1030 g/mol. The summed E-state index contributed by atoms with van der Waals surface area (Å²) in [6.45, 7) is 1.36. The zero-order chi connectivity index (χ0) is 45.6. The van der Waals surface area contributed by atoms with Crippen molar-refractivity contribution in [1.82, 2.24) is 34.9 Å². The minimum atomic E-state index is -1.73. The first-order valence-corrected chi connectivity index (χ1v) is 20.7. The summed E-state index contributed by atoms with van der Waals surface area (Å²) in [6, 6.07) is 19.8. The largest absolute Gasteiger partial charge is 0.488 e. The molecule has 1 radical (unpaired) electrons. The van der Waals surface area contributed by atoms with E-state index in [1.165, 1.54) is 7.11 Å². The standard InChI is InChI=1S/C43H57BN8O11.Eu/c1-45-39(53)26-51-23-32-8-4-6-10-34(32)35-22-31(12-13-37(35)51)38(25-52(63-3)24-33-9-5-7-11-36(33)44(61)62)46(2)40(54)27-47-14-16-48(28-41(55)56)18-20-50(30-43(59)60)21-19-49(17-15-47)29-42(57)58;/h4-13,22-23,38,61-62H,14-21,24-30H2,1-3H3,(H3-,45,53,55,56,57,58,59,60);/p+1. The van der Waals surface area contributed by atoms with Crippen molar-refractivity contribution in [2.75, 3.05) is 106 Å². The second-order valence-electron chi connectivity index (χ2n) is 15.7. The Morgan fingerprint density at radius 1 is 0.750 bits per heavy atom. The summed E-state index contributed by atoms with van der Waals surface area (Å²) in [5.74, 6) is -3.61. The Kier molecular flexibility index (Phi) is 21.1. The minimum Gasteiger partial charge on any atom is -0.480 e. The molecule has 19 nitrogen and oxygen atoms in total. The number of hydrogen-bond donors (Lipinski definition) is 6. The molecular formula is C43H58BEuN8O11+. The molecule has 2 heterocycles. The number of carbonyl (C=O) groups excluding carboxylic acids is 2. The van der Waals surface area contributed by atoms with Gasteiger partial charge < -0.3 is 40.4 Å². The topological polar surface area (TPSA) is 231 Å². The molecule has 3 aromatic carbocycles. The van der Waals surface area contributed by atoms with Crippen LogP contribution >= 0.6 is 0 Å². The summed E-state index contributed by atoms with van der Waals surface area (Å²) >= 11 is 0. The van der Waals surface area contributed by atoms with Gasteiger partial charge in [0.25, 0.3) is 5.91 Å². The van der Waals surface area contributed by atoms with Crippen molar-refractivity contribution in [2.45, 2.75) is 19.1 Å². The van der Waals surface area contributed by atoms with Crippen LogP contribution in [0.4, 0.5) is 0 Å². The fourth-order valence-corrected chi connectivity index (χ4v) is 7.91. The van der Waals surface area contributed by atoms with E-state index < -0.39 is 31.1 Å². The van der Waals surface area contributed by atoms with Crippen LogP contribution in [0.2, 0.25) is 0 Å². The summed E-state index contributed by atoms with van der Waals surface area (Å²) in [4.78, 5) is 77.1. The molecule has 0 aliphatic carbocycles. The smallest absolute Gasteiger partial charge is 0.480 e. The summed E-state index contributed by atoms with van der Waals surface area (Å²) in [5, 5.41) is 56.2. The number of hydroxylamine groups is 2. The molecule has 0 spiro atoms. The van der Waals surface area contributed by atoms with Crippen LogP contribution in [-0.4, -0.2) is 198 Å². The predicted octanol–water partition coefficient (Wildman–Crippen LogP) is -1.26. The number of rotatable bonds is 18. The SMILES string of the molecule is CNC(=O)C[n+]1cc2ccccc2c2cc(C(CN(Cc3ccccc3B(O)O)OC)N(C)C(=O)CN3CCN(CC(=O)O)CCN(CC(=O)O)CCN(CC(=O)O)CC3)ccc21.[Eu].